The minimum absolute atomic E-state index is 0.115. The van der Waals surface area contributed by atoms with Gasteiger partial charge in [-0.15, -0.1) is 0 Å². The van der Waals surface area contributed by atoms with E-state index in [0.29, 0.717) is 6.42 Å². The van der Waals surface area contributed by atoms with Gasteiger partial charge in [0.05, 0.1) is 12.1 Å². The first kappa shape index (κ1) is 28.4. The lowest BCUT2D eigenvalue weighted by atomic mass is 9.98. The monoisotopic (exact) mass is 482 g/mol. The first-order valence-electron chi connectivity index (χ1n) is 10.7. The van der Waals surface area contributed by atoms with Gasteiger partial charge in [-0.3, -0.25) is 14.4 Å². The SMILES string of the molecule is CCC(C)C(N)C(=O)NC(Cc1ccccc1)C(=O)NC(C(=O)NC(CS)C(=O)O)C(C)O. The number of aliphatic carboxylic acids is 1. The van der Waals surface area contributed by atoms with Crippen molar-refractivity contribution in [1.82, 2.24) is 16.0 Å². The second-order valence-electron chi connectivity index (χ2n) is 7.97. The molecule has 3 amide bonds. The molecule has 1 aromatic carbocycles. The van der Waals surface area contributed by atoms with Crippen molar-refractivity contribution in [2.75, 3.05) is 5.75 Å². The summed E-state index contributed by atoms with van der Waals surface area (Å²) in [6, 6.07) is 4.29. The van der Waals surface area contributed by atoms with E-state index >= 15 is 0 Å². The normalized spacial score (nSPS) is 16.4. The summed E-state index contributed by atoms with van der Waals surface area (Å²) in [6.45, 7) is 5.00. The van der Waals surface area contributed by atoms with Gasteiger partial charge in [0.2, 0.25) is 17.7 Å². The third-order valence-electron chi connectivity index (χ3n) is 5.34. The molecule has 7 N–H and O–H groups in total. The first-order chi connectivity index (χ1) is 15.5. The van der Waals surface area contributed by atoms with E-state index in [0.717, 1.165) is 5.56 Å². The highest BCUT2D eigenvalue weighted by molar-refractivity contribution is 7.80. The van der Waals surface area contributed by atoms with Crippen LogP contribution in [0.3, 0.4) is 0 Å². The number of rotatable bonds is 13. The fourth-order valence-corrected chi connectivity index (χ4v) is 3.19. The number of benzene rings is 1. The van der Waals surface area contributed by atoms with Crippen LogP contribution in [0.1, 0.15) is 32.8 Å². The molecule has 0 radical (unpaired) electrons. The quantitative estimate of drug-likeness (QED) is 0.185. The average molecular weight is 483 g/mol. The highest BCUT2D eigenvalue weighted by atomic mass is 32.1. The van der Waals surface area contributed by atoms with Gasteiger partial charge >= 0.3 is 5.97 Å². The minimum Gasteiger partial charge on any atom is -0.480 e. The largest absolute Gasteiger partial charge is 0.480 e. The zero-order valence-electron chi connectivity index (χ0n) is 19.0. The summed E-state index contributed by atoms with van der Waals surface area (Å²) >= 11 is 3.88. The number of carboxylic acids is 1. The topological polar surface area (TPSA) is 171 Å². The molecule has 0 spiro atoms. The van der Waals surface area contributed by atoms with Crippen LogP contribution in [-0.2, 0) is 25.6 Å². The molecule has 0 fully saturated rings. The number of carbonyl (C=O) groups excluding carboxylic acids is 3. The van der Waals surface area contributed by atoms with Crippen LogP contribution in [0.15, 0.2) is 30.3 Å². The average Bonchev–Trinajstić information content (AvgIpc) is 2.79. The standard InChI is InChI=1S/C22H34N4O6S/c1-4-12(2)17(23)20(29)24-15(10-14-8-6-5-7-9-14)19(28)26-18(13(3)27)21(30)25-16(11-33)22(31)32/h5-9,12-13,15-18,27,33H,4,10-11,23H2,1-3H3,(H,24,29)(H,25,30)(H,26,28)(H,31,32). The molecular formula is C22H34N4O6S. The number of hydrogen-bond acceptors (Lipinski definition) is 7. The van der Waals surface area contributed by atoms with E-state index in [4.69, 9.17) is 10.8 Å². The summed E-state index contributed by atoms with van der Waals surface area (Å²) in [5.74, 6) is -3.72. The second-order valence-corrected chi connectivity index (χ2v) is 8.34. The molecule has 6 unspecified atom stereocenters. The van der Waals surface area contributed by atoms with E-state index in [1.165, 1.54) is 6.92 Å². The van der Waals surface area contributed by atoms with Gasteiger partial charge in [0.15, 0.2) is 0 Å². The molecule has 10 nitrogen and oxygen atoms in total. The number of aliphatic hydroxyl groups is 1. The Morgan fingerprint density at radius 1 is 0.970 bits per heavy atom. The molecule has 0 aliphatic heterocycles. The Hall–Kier alpha value is -2.63. The Bertz CT molecular complexity index is 807. The molecule has 1 aromatic rings. The van der Waals surface area contributed by atoms with Crippen LogP contribution in [0.4, 0.5) is 0 Å². The minimum atomic E-state index is -1.45. The molecule has 0 saturated carbocycles. The lowest BCUT2D eigenvalue weighted by molar-refractivity contribution is -0.142. The summed E-state index contributed by atoms with van der Waals surface area (Å²) in [7, 11) is 0. The van der Waals surface area contributed by atoms with Gasteiger partial charge in [-0.25, -0.2) is 4.79 Å². The summed E-state index contributed by atoms with van der Waals surface area (Å²) in [5, 5.41) is 26.5. The van der Waals surface area contributed by atoms with Gasteiger partial charge < -0.3 is 31.9 Å². The third kappa shape index (κ3) is 9.03. The van der Waals surface area contributed by atoms with Gasteiger partial charge in [-0.05, 0) is 18.4 Å². The van der Waals surface area contributed by atoms with Crippen LogP contribution in [0.25, 0.3) is 0 Å². The predicted molar refractivity (Wildman–Crippen MR) is 127 cm³/mol. The van der Waals surface area contributed by atoms with E-state index in [9.17, 15) is 24.3 Å². The molecule has 1 rings (SSSR count). The van der Waals surface area contributed by atoms with Crippen molar-refractivity contribution in [3.8, 4) is 0 Å². The Balaban J connectivity index is 3.06. The zero-order valence-corrected chi connectivity index (χ0v) is 19.9. The zero-order chi connectivity index (χ0) is 25.1. The molecule has 0 saturated heterocycles. The van der Waals surface area contributed by atoms with Crippen LogP contribution < -0.4 is 21.7 Å². The number of carbonyl (C=O) groups is 4. The summed E-state index contributed by atoms with van der Waals surface area (Å²) in [6.07, 6.45) is -0.544. The van der Waals surface area contributed by atoms with Crippen molar-refractivity contribution < 1.29 is 29.4 Å². The Labute approximate surface area is 199 Å². The fourth-order valence-electron chi connectivity index (χ4n) is 2.95. The molecule has 184 valence electrons. The molecule has 0 bridgehead atoms. The maximum absolute atomic E-state index is 13.1. The van der Waals surface area contributed by atoms with E-state index in [1.54, 1.807) is 24.3 Å². The first-order valence-corrected chi connectivity index (χ1v) is 11.4. The third-order valence-corrected chi connectivity index (χ3v) is 5.70. The van der Waals surface area contributed by atoms with Crippen molar-refractivity contribution in [2.45, 2.75) is 63.9 Å². The highest BCUT2D eigenvalue weighted by Crippen LogP contribution is 2.09. The van der Waals surface area contributed by atoms with Crippen LogP contribution in [0, 0.1) is 5.92 Å². The highest BCUT2D eigenvalue weighted by Gasteiger charge is 2.33. The number of nitrogens with two attached hydrogens (primary N) is 1. The predicted octanol–water partition coefficient (Wildman–Crippen LogP) is -0.548. The number of amides is 3. The smallest absolute Gasteiger partial charge is 0.327 e. The van der Waals surface area contributed by atoms with E-state index in [1.807, 2.05) is 19.9 Å². The number of nitrogens with one attached hydrogen (secondary N) is 3. The molecule has 0 heterocycles. The van der Waals surface area contributed by atoms with Crippen molar-refractivity contribution >= 4 is 36.3 Å². The molecular weight excluding hydrogens is 448 g/mol. The van der Waals surface area contributed by atoms with Crippen molar-refractivity contribution in [1.29, 1.82) is 0 Å². The molecule has 6 atom stereocenters. The number of thiol groups is 1. The van der Waals surface area contributed by atoms with Gasteiger partial charge in [-0.2, -0.15) is 12.6 Å². The van der Waals surface area contributed by atoms with Gasteiger partial charge in [-0.1, -0.05) is 50.6 Å². The number of aliphatic hydroxyl groups excluding tert-OH is 1. The maximum atomic E-state index is 13.1. The maximum Gasteiger partial charge on any atom is 0.327 e. The van der Waals surface area contributed by atoms with Crippen molar-refractivity contribution in [2.24, 2.45) is 11.7 Å². The Morgan fingerprint density at radius 3 is 2.03 bits per heavy atom. The van der Waals surface area contributed by atoms with E-state index in [2.05, 4.69) is 28.6 Å². The molecule has 11 heteroatoms. The number of hydrogen-bond donors (Lipinski definition) is 7. The fraction of sp³-hybridized carbons (Fsp3) is 0.545. The van der Waals surface area contributed by atoms with Crippen molar-refractivity contribution in [3.63, 3.8) is 0 Å². The van der Waals surface area contributed by atoms with Gasteiger partial charge in [0.25, 0.3) is 0 Å². The van der Waals surface area contributed by atoms with Crippen LogP contribution in [0.5, 0.6) is 0 Å². The van der Waals surface area contributed by atoms with Crippen LogP contribution in [-0.4, -0.2) is 69.9 Å². The van der Waals surface area contributed by atoms with Crippen LogP contribution in [0.2, 0.25) is 0 Å². The van der Waals surface area contributed by atoms with Crippen LogP contribution >= 0.6 is 12.6 Å². The van der Waals surface area contributed by atoms with E-state index in [-0.39, 0.29) is 18.1 Å². The van der Waals surface area contributed by atoms with Gasteiger partial charge in [0.1, 0.15) is 18.1 Å². The Morgan fingerprint density at radius 2 is 1.55 bits per heavy atom. The number of carboxylic acid groups (broad SMARTS) is 1. The van der Waals surface area contributed by atoms with Crippen molar-refractivity contribution in [3.05, 3.63) is 35.9 Å². The lowest BCUT2D eigenvalue weighted by Crippen LogP contribution is -2.60. The summed E-state index contributed by atoms with van der Waals surface area (Å²) < 4.78 is 0. The summed E-state index contributed by atoms with van der Waals surface area (Å²) in [5.41, 5.74) is 6.76. The molecule has 33 heavy (non-hydrogen) atoms. The molecule has 0 aliphatic rings. The molecule has 0 aromatic heterocycles. The lowest BCUT2D eigenvalue weighted by Gasteiger charge is -2.27. The second kappa shape index (κ2) is 13.8. The van der Waals surface area contributed by atoms with E-state index < -0.39 is 54.0 Å². The van der Waals surface area contributed by atoms with Gasteiger partial charge in [0, 0.05) is 12.2 Å². The Kier molecular flexibility index (Phi) is 11.9. The molecule has 0 aliphatic carbocycles. The summed E-state index contributed by atoms with van der Waals surface area (Å²) in [4.78, 5) is 49.4.